The van der Waals surface area contributed by atoms with Crippen molar-refractivity contribution >= 4 is 21.9 Å². The number of nitrogens with one attached hydrogen (secondary N) is 3. The Kier molecular flexibility index (Phi) is 7.67. The summed E-state index contributed by atoms with van der Waals surface area (Å²) < 4.78 is 46.6. The summed E-state index contributed by atoms with van der Waals surface area (Å²) >= 11 is 0. The second-order valence-corrected chi connectivity index (χ2v) is 10.1. The molecule has 2 aromatic carbocycles. The van der Waals surface area contributed by atoms with E-state index in [9.17, 15) is 22.7 Å². The lowest BCUT2D eigenvalue weighted by molar-refractivity contribution is -0.138. The van der Waals surface area contributed by atoms with Gasteiger partial charge in [-0.25, -0.2) is 17.8 Å². The molecule has 0 amide bonds. The van der Waals surface area contributed by atoms with Gasteiger partial charge in [-0.1, -0.05) is 12.1 Å². The van der Waals surface area contributed by atoms with E-state index in [2.05, 4.69) is 20.0 Å². The van der Waals surface area contributed by atoms with Gasteiger partial charge in [0.1, 0.15) is 17.6 Å². The lowest BCUT2D eigenvalue weighted by Crippen LogP contribution is -2.42. The fraction of sp³-hybridized carbons (Fsp3) is 0.333. The second-order valence-electron chi connectivity index (χ2n) is 8.40. The average Bonchev–Trinajstić information content (AvgIpc) is 3.35. The van der Waals surface area contributed by atoms with E-state index >= 15 is 0 Å². The van der Waals surface area contributed by atoms with Gasteiger partial charge >= 0.3 is 5.97 Å². The van der Waals surface area contributed by atoms with Crippen LogP contribution in [0.15, 0.2) is 59.8 Å². The van der Waals surface area contributed by atoms with Crippen LogP contribution < -0.4 is 14.8 Å². The van der Waals surface area contributed by atoms with Crippen molar-refractivity contribution in [1.82, 2.24) is 14.7 Å². The maximum absolute atomic E-state index is 13.1. The number of carbonyl (C=O) groups is 1. The Hall–Kier alpha value is -3.44. The summed E-state index contributed by atoms with van der Waals surface area (Å²) in [7, 11) is -4.12. The lowest BCUT2D eigenvalue weighted by atomic mass is 9.96. The number of aliphatic carboxylic acids is 1. The standard InChI is InChI=1S/C24H27FN4O5S/c25-18-5-8-20(9-6-18)35(32,33)29-21(23(30)31)15-16-3-10-22-17(14-16)4-7-19(34-22)2-1-11-26-24-27-12-13-28-24/h3,5-6,8-10,12-14,19,21,29H,1-2,4,7,11,15H2,(H,30,31)(H2,26,27,28)/t19?,21-/m1/s1. The highest BCUT2D eigenvalue weighted by atomic mass is 32.2. The molecule has 0 spiro atoms. The summed E-state index contributed by atoms with van der Waals surface area (Å²) in [5, 5.41) is 12.8. The van der Waals surface area contributed by atoms with Crippen LogP contribution in [-0.4, -0.2) is 48.2 Å². The van der Waals surface area contributed by atoms with Crippen LogP contribution in [0.1, 0.15) is 30.4 Å². The quantitative estimate of drug-likeness (QED) is 0.296. The van der Waals surface area contributed by atoms with E-state index in [0.29, 0.717) is 5.56 Å². The summed E-state index contributed by atoms with van der Waals surface area (Å²) in [5.41, 5.74) is 1.65. The molecule has 2 heterocycles. The van der Waals surface area contributed by atoms with Crippen LogP contribution in [0.5, 0.6) is 5.75 Å². The Morgan fingerprint density at radius 3 is 2.77 bits per heavy atom. The monoisotopic (exact) mass is 502 g/mol. The maximum Gasteiger partial charge on any atom is 0.322 e. The molecular weight excluding hydrogens is 475 g/mol. The Morgan fingerprint density at radius 2 is 2.06 bits per heavy atom. The molecule has 1 aromatic heterocycles. The maximum atomic E-state index is 13.1. The van der Waals surface area contributed by atoms with E-state index in [1.54, 1.807) is 18.5 Å². The number of aromatic amines is 1. The molecule has 0 bridgehead atoms. The number of fused-ring (bicyclic) bond motifs is 1. The van der Waals surface area contributed by atoms with Crippen molar-refractivity contribution in [3.63, 3.8) is 0 Å². The SMILES string of the molecule is O=C(O)[C@@H](Cc1ccc2c(c1)CCC(CCCNc1ncc[nH]1)O2)NS(=O)(=O)c1ccc(F)cc1. The molecule has 1 unspecified atom stereocenters. The molecule has 3 aromatic rings. The van der Waals surface area contributed by atoms with Crippen molar-refractivity contribution in [3.8, 4) is 5.75 Å². The van der Waals surface area contributed by atoms with Gasteiger partial charge in [-0.15, -0.1) is 0 Å². The summed E-state index contributed by atoms with van der Waals surface area (Å²) in [5.74, 6) is -0.370. The fourth-order valence-corrected chi connectivity index (χ4v) is 5.20. The second kappa shape index (κ2) is 10.9. The molecule has 1 aliphatic rings. The van der Waals surface area contributed by atoms with Gasteiger partial charge in [0.15, 0.2) is 5.95 Å². The number of hydrogen-bond donors (Lipinski definition) is 4. The van der Waals surface area contributed by atoms with Crippen LogP contribution in [0.3, 0.4) is 0 Å². The van der Waals surface area contributed by atoms with Gasteiger partial charge < -0.3 is 20.1 Å². The molecule has 4 rings (SSSR count). The molecule has 0 fully saturated rings. The number of rotatable bonds is 11. The smallest absolute Gasteiger partial charge is 0.322 e. The van der Waals surface area contributed by atoms with Crippen molar-refractivity contribution in [2.75, 3.05) is 11.9 Å². The summed E-state index contributed by atoms with van der Waals surface area (Å²) in [6.45, 7) is 0.781. The van der Waals surface area contributed by atoms with Crippen molar-refractivity contribution < 1.29 is 27.4 Å². The van der Waals surface area contributed by atoms with E-state index in [1.807, 2.05) is 12.1 Å². The first-order valence-electron chi connectivity index (χ1n) is 11.3. The molecule has 186 valence electrons. The Bertz CT molecular complexity index is 1250. The molecule has 0 saturated heterocycles. The minimum absolute atomic E-state index is 0.0368. The third-order valence-corrected chi connectivity index (χ3v) is 7.29. The number of anilines is 1. The predicted molar refractivity (Wildman–Crippen MR) is 127 cm³/mol. The van der Waals surface area contributed by atoms with Crippen molar-refractivity contribution in [3.05, 3.63) is 71.8 Å². The number of aryl methyl sites for hydroxylation is 1. The number of carboxylic acids is 1. The van der Waals surface area contributed by atoms with Crippen LogP contribution >= 0.6 is 0 Å². The molecule has 0 radical (unpaired) electrons. The molecule has 1 aliphatic heterocycles. The highest BCUT2D eigenvalue weighted by Crippen LogP contribution is 2.30. The number of H-pyrrole nitrogens is 1. The third kappa shape index (κ3) is 6.58. The molecule has 11 heteroatoms. The van der Waals surface area contributed by atoms with Crippen molar-refractivity contribution in [1.29, 1.82) is 0 Å². The Morgan fingerprint density at radius 1 is 1.26 bits per heavy atom. The van der Waals surface area contributed by atoms with E-state index in [-0.39, 0.29) is 17.4 Å². The van der Waals surface area contributed by atoms with Gasteiger partial charge in [0.2, 0.25) is 10.0 Å². The highest BCUT2D eigenvalue weighted by molar-refractivity contribution is 7.89. The van der Waals surface area contributed by atoms with Gasteiger partial charge in [0.25, 0.3) is 0 Å². The summed E-state index contributed by atoms with van der Waals surface area (Å²) in [6.07, 6.45) is 6.96. The average molecular weight is 503 g/mol. The number of hydrogen-bond acceptors (Lipinski definition) is 6. The fourth-order valence-electron chi connectivity index (χ4n) is 4.01. The van der Waals surface area contributed by atoms with Crippen molar-refractivity contribution in [2.24, 2.45) is 0 Å². The number of imidazole rings is 1. The van der Waals surface area contributed by atoms with Crippen LogP contribution in [0.2, 0.25) is 0 Å². The first-order chi connectivity index (χ1) is 16.8. The minimum atomic E-state index is -4.12. The first-order valence-corrected chi connectivity index (χ1v) is 12.8. The number of ether oxygens (including phenoxy) is 1. The first kappa shape index (κ1) is 24.7. The molecule has 9 nitrogen and oxygen atoms in total. The zero-order valence-corrected chi connectivity index (χ0v) is 19.7. The molecule has 0 saturated carbocycles. The normalized spacial score (nSPS) is 16.2. The Balaban J connectivity index is 1.34. The van der Waals surface area contributed by atoms with Crippen molar-refractivity contribution in [2.45, 2.75) is 49.1 Å². The predicted octanol–water partition coefficient (Wildman–Crippen LogP) is 3.11. The number of halogens is 1. The zero-order chi connectivity index (χ0) is 24.8. The molecule has 35 heavy (non-hydrogen) atoms. The summed E-state index contributed by atoms with van der Waals surface area (Å²) in [4.78, 5) is 18.7. The van der Waals surface area contributed by atoms with Crippen LogP contribution in [-0.2, 0) is 27.7 Å². The topological polar surface area (TPSA) is 133 Å². The minimum Gasteiger partial charge on any atom is -0.490 e. The van der Waals surface area contributed by atoms with Crippen LogP contribution in [0.25, 0.3) is 0 Å². The number of aromatic nitrogens is 2. The van der Waals surface area contributed by atoms with Gasteiger partial charge in [-0.05, 0) is 73.6 Å². The zero-order valence-electron chi connectivity index (χ0n) is 18.9. The van der Waals surface area contributed by atoms with Gasteiger partial charge in [0, 0.05) is 18.9 Å². The largest absolute Gasteiger partial charge is 0.490 e. The molecule has 2 atom stereocenters. The highest BCUT2D eigenvalue weighted by Gasteiger charge is 2.27. The number of benzene rings is 2. The Labute approximate surface area is 202 Å². The lowest BCUT2D eigenvalue weighted by Gasteiger charge is -2.27. The number of carboxylic acid groups (broad SMARTS) is 1. The number of nitrogens with zero attached hydrogens (tertiary/aromatic N) is 1. The van der Waals surface area contributed by atoms with Gasteiger partial charge in [0.05, 0.1) is 11.0 Å². The number of sulfonamides is 1. The van der Waals surface area contributed by atoms with Crippen LogP contribution in [0, 0.1) is 5.82 Å². The van der Waals surface area contributed by atoms with Crippen LogP contribution in [0.4, 0.5) is 10.3 Å². The molecular formula is C24H27FN4O5S. The van der Waals surface area contributed by atoms with E-state index in [0.717, 1.165) is 73.8 Å². The van der Waals surface area contributed by atoms with E-state index in [4.69, 9.17) is 4.74 Å². The van der Waals surface area contributed by atoms with E-state index < -0.39 is 27.9 Å². The molecule has 0 aliphatic carbocycles. The van der Waals surface area contributed by atoms with Gasteiger partial charge in [-0.3, -0.25) is 4.79 Å². The van der Waals surface area contributed by atoms with E-state index in [1.165, 1.54) is 0 Å². The summed E-state index contributed by atoms with van der Waals surface area (Å²) in [6, 6.07) is 8.27. The molecule has 4 N–H and O–H groups in total. The van der Waals surface area contributed by atoms with Gasteiger partial charge in [-0.2, -0.15) is 4.72 Å². The third-order valence-electron chi connectivity index (χ3n) is 5.81.